The molecule has 1 aliphatic rings. The fraction of sp³-hybridized carbons (Fsp3) is 0.278. The third-order valence-corrected chi connectivity index (χ3v) is 5.21. The molecule has 2 aromatic carbocycles. The first-order chi connectivity index (χ1) is 11.3. The minimum absolute atomic E-state index is 0.840. The molecule has 119 valence electrons. The van der Waals surface area contributed by atoms with Crippen LogP contribution in [0.25, 0.3) is 0 Å². The molecule has 0 unspecified atom stereocenters. The zero-order valence-corrected chi connectivity index (χ0v) is 15.4. The van der Waals surface area contributed by atoms with Crippen LogP contribution >= 0.6 is 27.7 Å². The first-order valence-electron chi connectivity index (χ1n) is 7.54. The predicted octanol–water partition coefficient (Wildman–Crippen LogP) is 4.50. The molecule has 23 heavy (non-hydrogen) atoms. The van der Waals surface area contributed by atoms with E-state index in [1.165, 1.54) is 10.5 Å². The summed E-state index contributed by atoms with van der Waals surface area (Å²) >= 11 is 5.32. The maximum absolute atomic E-state index is 5.46. The summed E-state index contributed by atoms with van der Waals surface area (Å²) in [5.41, 5.74) is 2.30. The lowest BCUT2D eigenvalue weighted by Crippen LogP contribution is -2.24. The molecule has 1 radical (unpaired) electrons. The number of thioether (sulfide) groups is 1. The van der Waals surface area contributed by atoms with Gasteiger partial charge in [-0.2, -0.15) is 0 Å². The molecular formula is C18H18BrN2OS. The number of benzene rings is 2. The monoisotopic (exact) mass is 389 g/mol. The van der Waals surface area contributed by atoms with E-state index in [1.54, 1.807) is 18.9 Å². The highest BCUT2D eigenvalue weighted by Crippen LogP contribution is 2.32. The van der Waals surface area contributed by atoms with Gasteiger partial charge in [0.05, 0.1) is 7.11 Å². The number of nitrogens with zero attached hydrogens (tertiary/aromatic N) is 2. The summed E-state index contributed by atoms with van der Waals surface area (Å²) in [6.45, 7) is 1.74. The van der Waals surface area contributed by atoms with Crippen LogP contribution in [0, 0.1) is 0 Å². The van der Waals surface area contributed by atoms with Gasteiger partial charge in [-0.3, -0.25) is 10.3 Å². The van der Waals surface area contributed by atoms with Gasteiger partial charge in [-0.1, -0.05) is 34.1 Å². The summed E-state index contributed by atoms with van der Waals surface area (Å²) in [7, 11) is 1.71. The Labute approximate surface area is 149 Å². The molecular weight excluding hydrogens is 372 g/mol. The second-order valence-corrected chi connectivity index (χ2v) is 7.11. The Morgan fingerprint density at radius 3 is 2.83 bits per heavy atom. The van der Waals surface area contributed by atoms with E-state index in [0.717, 1.165) is 46.9 Å². The minimum Gasteiger partial charge on any atom is -0.496 e. The summed E-state index contributed by atoms with van der Waals surface area (Å²) in [4.78, 5) is 5.77. The zero-order valence-electron chi connectivity index (χ0n) is 13.0. The van der Waals surface area contributed by atoms with Gasteiger partial charge in [-0.15, -0.1) is 11.8 Å². The van der Waals surface area contributed by atoms with E-state index in [1.807, 2.05) is 18.2 Å². The SMILES string of the molecule is COc1ccc(Br)cc1CSc1ccccc1C1=NCCC[N]1. The van der Waals surface area contributed by atoms with Crippen LogP contribution < -0.4 is 10.1 Å². The minimum atomic E-state index is 0.840. The van der Waals surface area contributed by atoms with Crippen molar-refractivity contribution in [3.63, 3.8) is 0 Å². The Kier molecular flexibility index (Phi) is 5.62. The molecule has 1 aliphatic heterocycles. The molecule has 3 rings (SSSR count). The van der Waals surface area contributed by atoms with Crippen molar-refractivity contribution in [3.8, 4) is 5.75 Å². The molecule has 0 amide bonds. The number of ether oxygens (including phenoxy) is 1. The Balaban J connectivity index is 1.81. The van der Waals surface area contributed by atoms with E-state index in [-0.39, 0.29) is 0 Å². The average Bonchev–Trinajstić information content (AvgIpc) is 2.61. The number of hydrogen-bond donors (Lipinski definition) is 0. The van der Waals surface area contributed by atoms with Gasteiger partial charge in [0.25, 0.3) is 0 Å². The second-order valence-electron chi connectivity index (χ2n) is 5.18. The highest BCUT2D eigenvalue weighted by Gasteiger charge is 2.14. The fourth-order valence-corrected chi connectivity index (χ4v) is 3.89. The van der Waals surface area contributed by atoms with Gasteiger partial charge in [0.1, 0.15) is 5.75 Å². The van der Waals surface area contributed by atoms with Crippen LogP contribution in [-0.2, 0) is 5.75 Å². The molecule has 0 fully saturated rings. The van der Waals surface area contributed by atoms with Gasteiger partial charge in [-0.25, -0.2) is 0 Å². The maximum atomic E-state index is 5.46. The molecule has 5 heteroatoms. The summed E-state index contributed by atoms with van der Waals surface area (Å²) in [6, 6.07) is 14.4. The van der Waals surface area contributed by atoms with Gasteiger partial charge in [0, 0.05) is 39.3 Å². The smallest absolute Gasteiger partial charge is 0.151 e. The van der Waals surface area contributed by atoms with E-state index in [4.69, 9.17) is 4.74 Å². The van der Waals surface area contributed by atoms with Crippen LogP contribution in [0.15, 0.2) is 56.8 Å². The van der Waals surface area contributed by atoms with Crippen molar-refractivity contribution in [2.75, 3.05) is 20.2 Å². The van der Waals surface area contributed by atoms with Crippen molar-refractivity contribution < 1.29 is 4.74 Å². The molecule has 0 spiro atoms. The van der Waals surface area contributed by atoms with Crippen LogP contribution in [0.5, 0.6) is 5.75 Å². The van der Waals surface area contributed by atoms with Gasteiger partial charge in [0.2, 0.25) is 0 Å². The standard InChI is InChI=1S/C18H18BrN2OS/c1-22-16-8-7-14(19)11-13(16)12-23-17-6-3-2-5-15(17)18-20-9-4-10-21-18/h2-3,5-8,11H,4,9-10,12H2,1H3. The average molecular weight is 390 g/mol. The molecule has 3 nitrogen and oxygen atoms in total. The Hall–Kier alpha value is -1.46. The molecule has 0 saturated carbocycles. The Morgan fingerprint density at radius 1 is 1.17 bits per heavy atom. The van der Waals surface area contributed by atoms with E-state index in [0.29, 0.717) is 0 Å². The highest BCUT2D eigenvalue weighted by atomic mass is 79.9. The summed E-state index contributed by atoms with van der Waals surface area (Å²) < 4.78 is 6.52. The lowest BCUT2D eigenvalue weighted by atomic mass is 10.2. The van der Waals surface area contributed by atoms with Crippen molar-refractivity contribution in [1.82, 2.24) is 5.32 Å². The number of methoxy groups -OCH3 is 1. The molecule has 0 aromatic heterocycles. The van der Waals surface area contributed by atoms with Crippen LogP contribution in [0.2, 0.25) is 0 Å². The topological polar surface area (TPSA) is 35.7 Å². The first-order valence-corrected chi connectivity index (χ1v) is 9.32. The number of rotatable bonds is 5. The van der Waals surface area contributed by atoms with E-state index in [2.05, 4.69) is 50.5 Å². The molecule has 0 aliphatic carbocycles. The van der Waals surface area contributed by atoms with E-state index >= 15 is 0 Å². The molecule has 0 atom stereocenters. The van der Waals surface area contributed by atoms with Crippen molar-refractivity contribution in [2.24, 2.45) is 4.99 Å². The van der Waals surface area contributed by atoms with E-state index < -0.39 is 0 Å². The first kappa shape index (κ1) is 16.4. The summed E-state index contributed by atoms with van der Waals surface area (Å²) in [5.74, 6) is 2.64. The number of halogens is 1. The molecule has 0 N–H and O–H groups in total. The van der Waals surface area contributed by atoms with Gasteiger partial charge in [0.15, 0.2) is 5.84 Å². The molecule has 0 saturated heterocycles. The van der Waals surface area contributed by atoms with Gasteiger partial charge < -0.3 is 4.74 Å². The molecule has 1 heterocycles. The number of hydrogen-bond acceptors (Lipinski definition) is 3. The number of amidine groups is 1. The van der Waals surface area contributed by atoms with Crippen molar-refractivity contribution in [3.05, 3.63) is 58.1 Å². The number of aliphatic imine (C=N–C) groups is 1. The lowest BCUT2D eigenvalue weighted by Gasteiger charge is -2.15. The van der Waals surface area contributed by atoms with Gasteiger partial charge in [-0.05, 0) is 30.7 Å². The molecule has 0 bridgehead atoms. The largest absolute Gasteiger partial charge is 0.496 e. The summed E-state index contributed by atoms with van der Waals surface area (Å²) in [6.07, 6.45) is 1.05. The highest BCUT2D eigenvalue weighted by molar-refractivity contribution is 9.10. The quantitative estimate of drug-likeness (QED) is 0.705. The van der Waals surface area contributed by atoms with Crippen LogP contribution in [-0.4, -0.2) is 26.0 Å². The van der Waals surface area contributed by atoms with Crippen LogP contribution in [0.4, 0.5) is 0 Å². The van der Waals surface area contributed by atoms with Gasteiger partial charge >= 0.3 is 0 Å². The Bertz CT molecular complexity index is 718. The van der Waals surface area contributed by atoms with E-state index in [9.17, 15) is 0 Å². The predicted molar refractivity (Wildman–Crippen MR) is 99.7 cm³/mol. The second kappa shape index (κ2) is 7.88. The lowest BCUT2D eigenvalue weighted by molar-refractivity contribution is 0.411. The normalized spacial score (nSPS) is 14.1. The fourth-order valence-electron chi connectivity index (χ4n) is 2.45. The van der Waals surface area contributed by atoms with Crippen molar-refractivity contribution >= 4 is 33.5 Å². The molecule has 2 aromatic rings. The van der Waals surface area contributed by atoms with Crippen molar-refractivity contribution in [2.45, 2.75) is 17.1 Å². The van der Waals surface area contributed by atoms with Crippen LogP contribution in [0.3, 0.4) is 0 Å². The Morgan fingerprint density at radius 2 is 2.04 bits per heavy atom. The van der Waals surface area contributed by atoms with Crippen molar-refractivity contribution in [1.29, 1.82) is 0 Å². The summed E-state index contributed by atoms with van der Waals surface area (Å²) in [5, 5.41) is 4.57. The maximum Gasteiger partial charge on any atom is 0.151 e. The third kappa shape index (κ3) is 4.09. The third-order valence-electron chi connectivity index (χ3n) is 3.59. The zero-order chi connectivity index (χ0) is 16.1. The van der Waals surface area contributed by atoms with Crippen LogP contribution in [0.1, 0.15) is 17.5 Å².